The van der Waals surface area contributed by atoms with Crippen molar-refractivity contribution >= 4 is 46.6 Å². The Morgan fingerprint density at radius 1 is 1.05 bits per heavy atom. The molecule has 10 heteroatoms. The van der Waals surface area contributed by atoms with Gasteiger partial charge in [0.25, 0.3) is 0 Å². The molecule has 0 radical (unpaired) electrons. The summed E-state index contributed by atoms with van der Waals surface area (Å²) in [6, 6.07) is 15.7. The van der Waals surface area contributed by atoms with Gasteiger partial charge < -0.3 is 34.6 Å². The lowest BCUT2D eigenvalue weighted by Crippen LogP contribution is -2.32. The number of para-hydroxylation sites is 1. The van der Waals surface area contributed by atoms with Gasteiger partial charge in [-0.2, -0.15) is 9.97 Å². The zero-order valence-electron chi connectivity index (χ0n) is 23.6. The highest BCUT2D eigenvalue weighted by Gasteiger charge is 2.18. The summed E-state index contributed by atoms with van der Waals surface area (Å²) < 4.78 is 24.5. The molecule has 2 aromatic carbocycles. The number of aromatic nitrogens is 3. The normalized spacial score (nSPS) is 11.8. The van der Waals surface area contributed by atoms with E-state index in [0.29, 0.717) is 41.5 Å². The molecule has 208 valence electrons. The highest BCUT2D eigenvalue weighted by Crippen LogP contribution is 2.39. The summed E-state index contributed by atoms with van der Waals surface area (Å²) in [5.74, 6) is 2.36. The highest BCUT2D eigenvalue weighted by atomic mass is 31.2. The Morgan fingerprint density at radius 2 is 1.85 bits per heavy atom. The van der Waals surface area contributed by atoms with Crippen molar-refractivity contribution in [1.82, 2.24) is 19.9 Å². The van der Waals surface area contributed by atoms with Gasteiger partial charge in [-0.15, -0.1) is 0 Å². The maximum Gasteiger partial charge on any atom is 0.231 e. The Labute approximate surface area is 230 Å². The van der Waals surface area contributed by atoms with Crippen LogP contribution in [0.1, 0.15) is 27.2 Å². The van der Waals surface area contributed by atoms with E-state index in [1.165, 1.54) is 0 Å². The van der Waals surface area contributed by atoms with Crippen molar-refractivity contribution < 1.29 is 14.0 Å². The first kappa shape index (κ1) is 28.5. The van der Waals surface area contributed by atoms with E-state index in [9.17, 15) is 4.57 Å². The Kier molecular flexibility index (Phi) is 9.15. The van der Waals surface area contributed by atoms with Crippen molar-refractivity contribution in [2.24, 2.45) is 0 Å². The first-order valence-corrected chi connectivity index (χ1v) is 15.9. The molecule has 0 aliphatic rings. The molecule has 2 aromatic heterocycles. The SMILES string of the molecule is CCN(CCCOc1ccc(OC)c(Nc2nc(Nc3ccccc3P(C)(C)=O)c3cc[nH]c3n2)c1)C(C)C. The van der Waals surface area contributed by atoms with Crippen molar-refractivity contribution in [2.45, 2.75) is 33.2 Å². The van der Waals surface area contributed by atoms with Crippen LogP contribution in [0.3, 0.4) is 0 Å². The number of anilines is 4. The van der Waals surface area contributed by atoms with Gasteiger partial charge in [0.15, 0.2) is 0 Å². The van der Waals surface area contributed by atoms with E-state index in [4.69, 9.17) is 14.5 Å². The summed E-state index contributed by atoms with van der Waals surface area (Å²) in [5.41, 5.74) is 2.11. The predicted octanol–water partition coefficient (Wildman–Crippen LogP) is 6.20. The minimum atomic E-state index is -2.51. The van der Waals surface area contributed by atoms with Crippen molar-refractivity contribution in [3.05, 3.63) is 54.7 Å². The topological polar surface area (TPSA) is 104 Å². The molecule has 39 heavy (non-hydrogen) atoms. The van der Waals surface area contributed by atoms with Gasteiger partial charge >= 0.3 is 0 Å². The van der Waals surface area contributed by atoms with E-state index in [2.05, 4.69) is 46.3 Å². The average molecular weight is 551 g/mol. The number of H-pyrrole nitrogens is 1. The van der Waals surface area contributed by atoms with E-state index < -0.39 is 7.14 Å². The molecule has 3 N–H and O–H groups in total. The average Bonchev–Trinajstić information content (AvgIpc) is 3.37. The summed E-state index contributed by atoms with van der Waals surface area (Å²) in [5, 5.41) is 8.28. The largest absolute Gasteiger partial charge is 0.495 e. The lowest BCUT2D eigenvalue weighted by atomic mass is 10.2. The Balaban J connectivity index is 1.56. The molecule has 4 rings (SSSR count). The van der Waals surface area contributed by atoms with Gasteiger partial charge in [0.2, 0.25) is 5.95 Å². The molecule has 0 fully saturated rings. The van der Waals surface area contributed by atoms with E-state index >= 15 is 0 Å². The molecule has 2 heterocycles. The van der Waals surface area contributed by atoms with E-state index in [1.807, 2.05) is 54.7 Å². The fourth-order valence-corrected chi connectivity index (χ4v) is 5.66. The Morgan fingerprint density at radius 3 is 2.56 bits per heavy atom. The van der Waals surface area contributed by atoms with Gasteiger partial charge in [-0.05, 0) is 70.5 Å². The molecular weight excluding hydrogens is 511 g/mol. The first-order valence-electron chi connectivity index (χ1n) is 13.3. The molecule has 0 saturated carbocycles. The number of fused-ring (bicyclic) bond motifs is 1. The van der Waals surface area contributed by atoms with E-state index in [1.54, 1.807) is 20.4 Å². The van der Waals surface area contributed by atoms with Crippen molar-refractivity contribution in [1.29, 1.82) is 0 Å². The molecular formula is C29H39N6O3P. The molecule has 0 amide bonds. The second-order valence-corrected chi connectivity index (χ2v) is 13.2. The molecule has 0 unspecified atom stereocenters. The minimum Gasteiger partial charge on any atom is -0.495 e. The number of aromatic amines is 1. The summed E-state index contributed by atoms with van der Waals surface area (Å²) in [4.78, 5) is 15.0. The summed E-state index contributed by atoms with van der Waals surface area (Å²) in [7, 11) is -0.884. The summed E-state index contributed by atoms with van der Waals surface area (Å²) in [6.07, 6.45) is 2.76. The zero-order valence-corrected chi connectivity index (χ0v) is 24.5. The lowest BCUT2D eigenvalue weighted by Gasteiger charge is -2.24. The van der Waals surface area contributed by atoms with Crippen LogP contribution >= 0.6 is 7.14 Å². The van der Waals surface area contributed by atoms with Crippen molar-refractivity contribution in [3.63, 3.8) is 0 Å². The second-order valence-electron chi connectivity index (χ2n) is 10.0. The van der Waals surface area contributed by atoms with Crippen LogP contribution in [0.5, 0.6) is 11.5 Å². The highest BCUT2D eigenvalue weighted by molar-refractivity contribution is 7.70. The maximum atomic E-state index is 12.9. The zero-order chi connectivity index (χ0) is 28.0. The number of rotatable bonds is 13. The number of nitrogens with zero attached hydrogens (tertiary/aromatic N) is 3. The molecule has 0 aliphatic carbocycles. The van der Waals surface area contributed by atoms with Crippen molar-refractivity contribution in [2.75, 3.05) is 50.8 Å². The number of benzene rings is 2. The monoisotopic (exact) mass is 550 g/mol. The van der Waals surface area contributed by atoms with Gasteiger partial charge in [0.05, 0.1) is 30.5 Å². The van der Waals surface area contributed by atoms with Gasteiger partial charge in [-0.3, -0.25) is 0 Å². The number of nitrogens with one attached hydrogen (secondary N) is 3. The van der Waals surface area contributed by atoms with Crippen LogP contribution in [0, 0.1) is 0 Å². The quantitative estimate of drug-likeness (QED) is 0.134. The molecule has 0 saturated heterocycles. The number of hydrogen-bond acceptors (Lipinski definition) is 8. The minimum absolute atomic E-state index is 0.382. The number of methoxy groups -OCH3 is 1. The fraction of sp³-hybridized carbons (Fsp3) is 0.379. The van der Waals surface area contributed by atoms with Crippen LogP contribution in [0.25, 0.3) is 11.0 Å². The molecule has 9 nitrogen and oxygen atoms in total. The molecule has 0 atom stereocenters. The van der Waals surface area contributed by atoms with E-state index in [0.717, 1.165) is 41.6 Å². The summed E-state index contributed by atoms with van der Waals surface area (Å²) >= 11 is 0. The third-order valence-corrected chi connectivity index (χ3v) is 8.12. The van der Waals surface area contributed by atoms with Gasteiger partial charge in [0, 0.05) is 30.2 Å². The molecule has 4 aromatic rings. The van der Waals surface area contributed by atoms with Gasteiger partial charge in [-0.25, -0.2) is 0 Å². The number of hydrogen-bond donors (Lipinski definition) is 3. The van der Waals surface area contributed by atoms with Gasteiger partial charge in [-0.1, -0.05) is 19.1 Å². The molecule has 0 bridgehead atoms. The van der Waals surface area contributed by atoms with Crippen LogP contribution in [-0.2, 0) is 4.57 Å². The van der Waals surface area contributed by atoms with Crippen LogP contribution in [0.2, 0.25) is 0 Å². The van der Waals surface area contributed by atoms with E-state index in [-0.39, 0.29) is 0 Å². The first-order chi connectivity index (χ1) is 18.7. The Hall–Kier alpha value is -3.55. The maximum absolute atomic E-state index is 12.9. The number of ether oxygens (including phenoxy) is 2. The predicted molar refractivity (Wildman–Crippen MR) is 161 cm³/mol. The molecule has 0 spiro atoms. The van der Waals surface area contributed by atoms with Crippen LogP contribution in [-0.4, -0.2) is 66.0 Å². The third-order valence-electron chi connectivity index (χ3n) is 6.57. The standard InChI is InChI=1S/C29H39N6O3P/c1-7-35(20(2)3)17-10-18-38-21-13-14-25(37-4)24(19-21)32-29-33-27-22(15-16-30-27)28(34-29)31-23-11-8-9-12-26(23)39(5,6)36/h8-9,11-16,19-20H,7,10,17-18H2,1-6H3,(H3,30,31,32,33,34). The van der Waals surface area contributed by atoms with Crippen LogP contribution in [0.15, 0.2) is 54.7 Å². The fourth-order valence-electron chi connectivity index (χ4n) is 4.50. The van der Waals surface area contributed by atoms with Gasteiger partial charge in [0.1, 0.15) is 30.1 Å². The third kappa shape index (κ3) is 7.11. The van der Waals surface area contributed by atoms with Crippen LogP contribution in [0.4, 0.5) is 23.1 Å². The summed E-state index contributed by atoms with van der Waals surface area (Å²) in [6.45, 7) is 12.8. The van der Waals surface area contributed by atoms with Crippen molar-refractivity contribution in [3.8, 4) is 11.5 Å². The second kappa shape index (κ2) is 12.5. The molecule has 0 aliphatic heterocycles. The van der Waals surface area contributed by atoms with Crippen LogP contribution < -0.4 is 25.4 Å². The Bertz CT molecular complexity index is 1450. The lowest BCUT2D eigenvalue weighted by molar-refractivity contribution is 0.207. The smallest absolute Gasteiger partial charge is 0.231 e.